The van der Waals surface area contributed by atoms with Crippen molar-refractivity contribution in [1.29, 1.82) is 0 Å². The van der Waals surface area contributed by atoms with Crippen LogP contribution in [-0.2, 0) is 0 Å². The highest BCUT2D eigenvalue weighted by Crippen LogP contribution is 2.25. The number of carboxylic acid groups (broad SMARTS) is 1. The molecule has 7 heteroatoms. The molecule has 110 valence electrons. The fraction of sp³-hybridized carbons (Fsp3) is 0.143. The van der Waals surface area contributed by atoms with E-state index in [0.29, 0.717) is 5.56 Å². The number of carboxylic acids is 1. The van der Waals surface area contributed by atoms with Gasteiger partial charge in [-0.15, -0.1) is 0 Å². The molecule has 0 unspecified atom stereocenters. The van der Waals surface area contributed by atoms with E-state index in [1.165, 1.54) is 6.07 Å². The van der Waals surface area contributed by atoms with Gasteiger partial charge in [0, 0.05) is 11.6 Å². The average molecular weight is 297 g/mol. The number of aromatic nitrogens is 1. The number of hydrogen-bond donors (Lipinski definition) is 1. The van der Waals surface area contributed by atoms with E-state index < -0.39 is 18.8 Å². The minimum Gasteiger partial charge on any atom is -0.478 e. The van der Waals surface area contributed by atoms with Crippen molar-refractivity contribution in [3.63, 3.8) is 0 Å². The first-order valence-corrected chi connectivity index (χ1v) is 5.86. The zero-order valence-electron chi connectivity index (χ0n) is 10.6. The number of hydrogen-bond acceptors (Lipinski definition) is 3. The van der Waals surface area contributed by atoms with Crippen LogP contribution < -0.4 is 4.74 Å². The van der Waals surface area contributed by atoms with Crippen molar-refractivity contribution in [2.45, 2.75) is 6.18 Å². The zero-order chi connectivity index (χ0) is 15.5. The van der Waals surface area contributed by atoms with E-state index in [1.807, 2.05) is 0 Å². The first kappa shape index (κ1) is 14.8. The van der Waals surface area contributed by atoms with Crippen LogP contribution in [0.1, 0.15) is 10.4 Å². The summed E-state index contributed by atoms with van der Waals surface area (Å²) in [6.45, 7) is -1.49. The van der Waals surface area contributed by atoms with Crippen molar-refractivity contribution in [1.82, 2.24) is 4.98 Å². The third-order valence-corrected chi connectivity index (χ3v) is 2.53. The van der Waals surface area contributed by atoms with Gasteiger partial charge in [0.15, 0.2) is 6.61 Å². The summed E-state index contributed by atoms with van der Waals surface area (Å²) in [7, 11) is 0. The van der Waals surface area contributed by atoms with E-state index in [2.05, 4.69) is 9.72 Å². The molecule has 0 spiro atoms. The SMILES string of the molecule is O=C(O)c1ccc(OCC(F)(F)F)nc1-c1ccccc1. The van der Waals surface area contributed by atoms with Crippen molar-refractivity contribution in [2.75, 3.05) is 6.61 Å². The molecule has 0 radical (unpaired) electrons. The Morgan fingerprint density at radius 2 is 1.81 bits per heavy atom. The number of aromatic carboxylic acids is 1. The van der Waals surface area contributed by atoms with Crippen LogP contribution in [0.3, 0.4) is 0 Å². The third-order valence-electron chi connectivity index (χ3n) is 2.53. The molecule has 2 aromatic rings. The van der Waals surface area contributed by atoms with Crippen molar-refractivity contribution < 1.29 is 27.8 Å². The fourth-order valence-corrected chi connectivity index (χ4v) is 1.67. The molecular weight excluding hydrogens is 287 g/mol. The van der Waals surface area contributed by atoms with Gasteiger partial charge in [0.1, 0.15) is 0 Å². The monoisotopic (exact) mass is 297 g/mol. The van der Waals surface area contributed by atoms with Gasteiger partial charge in [0.25, 0.3) is 0 Å². The highest BCUT2D eigenvalue weighted by atomic mass is 19.4. The quantitative estimate of drug-likeness (QED) is 0.939. The summed E-state index contributed by atoms with van der Waals surface area (Å²) < 4.78 is 40.9. The van der Waals surface area contributed by atoms with E-state index in [0.717, 1.165) is 6.07 Å². The predicted molar refractivity (Wildman–Crippen MR) is 68.2 cm³/mol. The minimum absolute atomic E-state index is 0.0581. The molecule has 0 amide bonds. The number of alkyl halides is 3. The molecule has 0 aliphatic carbocycles. The number of nitrogens with zero attached hydrogens (tertiary/aromatic N) is 1. The molecule has 21 heavy (non-hydrogen) atoms. The molecule has 1 heterocycles. The number of ether oxygens (including phenoxy) is 1. The molecule has 1 aromatic carbocycles. The van der Waals surface area contributed by atoms with Gasteiger partial charge in [-0.05, 0) is 6.07 Å². The molecule has 0 saturated heterocycles. The highest BCUT2D eigenvalue weighted by Gasteiger charge is 2.29. The molecule has 0 bridgehead atoms. The summed E-state index contributed by atoms with van der Waals surface area (Å²) in [6, 6.07) is 10.6. The largest absolute Gasteiger partial charge is 0.478 e. The summed E-state index contributed by atoms with van der Waals surface area (Å²) >= 11 is 0. The van der Waals surface area contributed by atoms with Gasteiger partial charge in [0.2, 0.25) is 5.88 Å². The molecule has 2 rings (SSSR count). The van der Waals surface area contributed by atoms with Crippen molar-refractivity contribution in [2.24, 2.45) is 0 Å². The maximum atomic E-state index is 12.1. The average Bonchev–Trinajstić information content (AvgIpc) is 2.45. The van der Waals surface area contributed by atoms with Crippen LogP contribution in [0.5, 0.6) is 5.88 Å². The lowest BCUT2D eigenvalue weighted by atomic mass is 10.1. The van der Waals surface area contributed by atoms with Crippen LogP contribution in [-0.4, -0.2) is 28.8 Å². The summed E-state index contributed by atoms with van der Waals surface area (Å²) in [5.74, 6) is -1.50. The van der Waals surface area contributed by atoms with Gasteiger partial charge < -0.3 is 9.84 Å². The molecule has 0 saturated carbocycles. The number of pyridine rings is 1. The lowest BCUT2D eigenvalue weighted by Gasteiger charge is -2.11. The lowest BCUT2D eigenvalue weighted by molar-refractivity contribution is -0.154. The number of halogens is 3. The zero-order valence-corrected chi connectivity index (χ0v) is 10.6. The fourth-order valence-electron chi connectivity index (χ4n) is 1.67. The summed E-state index contributed by atoms with van der Waals surface area (Å²) in [6.07, 6.45) is -4.49. The first-order valence-electron chi connectivity index (χ1n) is 5.86. The molecule has 1 aromatic heterocycles. The first-order chi connectivity index (χ1) is 9.87. The Hall–Kier alpha value is -2.57. The van der Waals surface area contributed by atoms with Crippen LogP contribution in [0.2, 0.25) is 0 Å². The third kappa shape index (κ3) is 3.95. The van der Waals surface area contributed by atoms with Gasteiger partial charge in [0.05, 0.1) is 11.3 Å². The Morgan fingerprint density at radius 3 is 2.38 bits per heavy atom. The molecule has 0 atom stereocenters. The maximum Gasteiger partial charge on any atom is 0.422 e. The number of carbonyl (C=O) groups is 1. The Balaban J connectivity index is 2.38. The van der Waals surface area contributed by atoms with Gasteiger partial charge >= 0.3 is 12.1 Å². The number of benzene rings is 1. The van der Waals surface area contributed by atoms with E-state index in [-0.39, 0.29) is 17.1 Å². The Labute approximate surface area is 117 Å². The molecular formula is C14H10F3NO3. The number of rotatable bonds is 4. The van der Waals surface area contributed by atoms with Crippen LogP contribution in [0.15, 0.2) is 42.5 Å². The second kappa shape index (κ2) is 5.82. The van der Waals surface area contributed by atoms with E-state index in [4.69, 9.17) is 5.11 Å². The molecule has 0 fully saturated rings. The van der Waals surface area contributed by atoms with Crippen LogP contribution >= 0.6 is 0 Å². The van der Waals surface area contributed by atoms with Crippen molar-refractivity contribution in [3.8, 4) is 17.1 Å². The van der Waals surface area contributed by atoms with Gasteiger partial charge in [-0.3, -0.25) is 0 Å². The van der Waals surface area contributed by atoms with Crippen molar-refractivity contribution >= 4 is 5.97 Å². The van der Waals surface area contributed by atoms with Gasteiger partial charge in [-0.1, -0.05) is 30.3 Å². The van der Waals surface area contributed by atoms with Crippen molar-refractivity contribution in [3.05, 3.63) is 48.0 Å². The summed E-state index contributed by atoms with van der Waals surface area (Å²) in [5, 5.41) is 9.12. The minimum atomic E-state index is -4.49. The van der Waals surface area contributed by atoms with E-state index in [9.17, 15) is 18.0 Å². The van der Waals surface area contributed by atoms with Gasteiger partial charge in [-0.2, -0.15) is 13.2 Å². The molecule has 0 aliphatic heterocycles. The van der Waals surface area contributed by atoms with E-state index in [1.54, 1.807) is 30.3 Å². The Morgan fingerprint density at radius 1 is 1.14 bits per heavy atom. The second-order valence-electron chi connectivity index (χ2n) is 4.12. The molecule has 1 N–H and O–H groups in total. The normalized spacial score (nSPS) is 11.2. The molecule has 4 nitrogen and oxygen atoms in total. The molecule has 0 aliphatic rings. The second-order valence-corrected chi connectivity index (χ2v) is 4.12. The topological polar surface area (TPSA) is 59.4 Å². The van der Waals surface area contributed by atoms with Crippen LogP contribution in [0, 0.1) is 0 Å². The Bertz CT molecular complexity index is 642. The van der Waals surface area contributed by atoms with Gasteiger partial charge in [-0.25, -0.2) is 9.78 Å². The lowest BCUT2D eigenvalue weighted by Crippen LogP contribution is -2.19. The summed E-state index contributed by atoms with van der Waals surface area (Å²) in [5.41, 5.74) is 0.427. The predicted octanol–water partition coefficient (Wildman–Crippen LogP) is 3.39. The van der Waals surface area contributed by atoms with Crippen LogP contribution in [0.25, 0.3) is 11.3 Å². The highest BCUT2D eigenvalue weighted by molar-refractivity contribution is 5.94. The standard InChI is InChI=1S/C14H10F3NO3/c15-14(16,17)8-21-11-7-6-10(13(19)20)12(18-11)9-4-2-1-3-5-9/h1-7H,8H2,(H,19,20). The smallest absolute Gasteiger partial charge is 0.422 e. The maximum absolute atomic E-state index is 12.1. The van der Waals surface area contributed by atoms with Crippen LogP contribution in [0.4, 0.5) is 13.2 Å². The van der Waals surface area contributed by atoms with E-state index >= 15 is 0 Å². The Kier molecular flexibility index (Phi) is 4.11. The summed E-state index contributed by atoms with van der Waals surface area (Å²) in [4.78, 5) is 15.0.